The van der Waals surface area contributed by atoms with Crippen molar-refractivity contribution in [1.82, 2.24) is 35.9 Å². The summed E-state index contributed by atoms with van der Waals surface area (Å²) in [6, 6.07) is 24.3. The molecule has 316 valence electrons. The van der Waals surface area contributed by atoms with Crippen LogP contribution < -0.4 is 16.1 Å². The second-order valence-corrected chi connectivity index (χ2v) is 17.7. The van der Waals surface area contributed by atoms with Crippen molar-refractivity contribution >= 4 is 35.3 Å². The number of carbonyl (C=O) groups excluding carboxylic acids is 4. The summed E-state index contributed by atoms with van der Waals surface area (Å²) < 4.78 is 4.83. The Morgan fingerprint density at radius 1 is 0.932 bits per heavy atom. The number of alkyl carbamates (subject to hydrolysis) is 1. The summed E-state index contributed by atoms with van der Waals surface area (Å²) in [5, 5.41) is 19.6. The van der Waals surface area contributed by atoms with E-state index in [2.05, 4.69) is 21.0 Å². The number of methoxy groups -OCH3 is 1. The van der Waals surface area contributed by atoms with Crippen LogP contribution in [0.15, 0.2) is 91.1 Å². The second-order valence-electron chi connectivity index (χ2n) is 16.3. The molecule has 0 bridgehead atoms. The Kier molecular flexibility index (Phi) is 15.6. The van der Waals surface area contributed by atoms with Crippen LogP contribution in [0, 0.1) is 18.3 Å². The maximum absolute atomic E-state index is 14.5. The number of aliphatic hydroxyl groups is 1. The van der Waals surface area contributed by atoms with Crippen LogP contribution in [0.5, 0.6) is 0 Å². The lowest BCUT2D eigenvalue weighted by molar-refractivity contribution is -0.132. The van der Waals surface area contributed by atoms with Crippen LogP contribution >= 0.6 is 11.3 Å². The molecule has 1 aliphatic heterocycles. The van der Waals surface area contributed by atoms with Gasteiger partial charge < -0.3 is 30.3 Å². The summed E-state index contributed by atoms with van der Waals surface area (Å²) in [7, 11) is 1.23. The highest BCUT2D eigenvalue weighted by Gasteiger charge is 2.41. The number of hydrazine groups is 1. The van der Waals surface area contributed by atoms with Crippen LogP contribution in [0.2, 0.25) is 0 Å². The summed E-state index contributed by atoms with van der Waals surface area (Å²) in [6.07, 6.45) is 0.731. The molecule has 1 fully saturated rings. The molecule has 4 N–H and O–H groups in total. The quantitative estimate of drug-likeness (QED) is 0.0870. The van der Waals surface area contributed by atoms with Gasteiger partial charge in [-0.25, -0.2) is 14.6 Å². The number of thiophene rings is 1. The van der Waals surface area contributed by atoms with Gasteiger partial charge >= 0.3 is 12.1 Å². The Balaban J connectivity index is 1.41. The van der Waals surface area contributed by atoms with Gasteiger partial charge in [0.1, 0.15) is 12.1 Å². The number of hydrogen-bond acceptors (Lipinski definition) is 9. The Labute approximate surface area is 352 Å². The van der Waals surface area contributed by atoms with Crippen molar-refractivity contribution in [3.05, 3.63) is 112 Å². The van der Waals surface area contributed by atoms with E-state index in [9.17, 15) is 24.3 Å². The predicted octanol–water partition coefficient (Wildman–Crippen LogP) is 6.16. The lowest BCUT2D eigenvalue weighted by atomic mass is 9.86. The van der Waals surface area contributed by atoms with E-state index in [4.69, 9.17) is 4.74 Å². The van der Waals surface area contributed by atoms with E-state index < -0.39 is 41.6 Å². The topological polar surface area (TPSA) is 156 Å². The first-order chi connectivity index (χ1) is 28.2. The fraction of sp³-hybridized carbons (Fsp3) is 0.444. The molecule has 0 spiro atoms. The van der Waals surface area contributed by atoms with E-state index in [1.165, 1.54) is 12.0 Å². The number of nitrogens with zero attached hydrogens (tertiary/aromatic N) is 4. The fourth-order valence-corrected chi connectivity index (χ4v) is 8.13. The lowest BCUT2D eigenvalue weighted by Crippen LogP contribution is -2.60. The van der Waals surface area contributed by atoms with E-state index in [-0.39, 0.29) is 37.4 Å². The van der Waals surface area contributed by atoms with Crippen molar-refractivity contribution in [2.24, 2.45) is 11.3 Å². The van der Waals surface area contributed by atoms with E-state index in [1.54, 1.807) is 32.3 Å². The van der Waals surface area contributed by atoms with E-state index in [0.29, 0.717) is 26.1 Å². The number of rotatable bonds is 18. The van der Waals surface area contributed by atoms with Gasteiger partial charge in [-0.1, -0.05) is 102 Å². The van der Waals surface area contributed by atoms with Gasteiger partial charge in [0.2, 0.25) is 5.91 Å². The standard InChI is InChI=1S/C45H59N7O6S/c1-8-30(2)39(52-25-24-50(44(52)57)28-35-22-17-31(3)59-35)41(54)47-37(26-32-14-10-9-11-15-32)38(53)29-51(49-42(55)40(45(4,5)6)48-43(56)58-7)27-33-18-20-34(21-19-33)36-16-12-13-23-46-36/h9-23,30,37-40,53H,8,24-29H2,1-7H3,(H,47,54)(H,48,56)(H,49,55). The van der Waals surface area contributed by atoms with Crippen LogP contribution in [0.1, 0.15) is 61.9 Å². The van der Waals surface area contributed by atoms with Gasteiger partial charge in [-0.15, -0.1) is 11.3 Å². The number of benzene rings is 2. The number of carbonyl (C=O) groups is 4. The molecule has 3 heterocycles. The second kappa shape index (κ2) is 20.6. The Morgan fingerprint density at radius 2 is 1.64 bits per heavy atom. The number of aromatic nitrogens is 1. The zero-order chi connectivity index (χ0) is 42.7. The molecule has 5 amide bonds. The lowest BCUT2D eigenvalue weighted by Gasteiger charge is -2.36. The van der Waals surface area contributed by atoms with Gasteiger partial charge in [-0.2, -0.15) is 0 Å². The molecule has 14 heteroatoms. The summed E-state index contributed by atoms with van der Waals surface area (Å²) in [5.74, 6) is -1.02. The number of aryl methyl sites for hydroxylation is 1. The van der Waals surface area contributed by atoms with Crippen LogP contribution in [-0.2, 0) is 33.8 Å². The number of urea groups is 1. The number of pyridine rings is 1. The maximum Gasteiger partial charge on any atom is 0.407 e. The van der Waals surface area contributed by atoms with E-state index in [1.807, 2.05) is 126 Å². The molecule has 59 heavy (non-hydrogen) atoms. The molecule has 2 aromatic heterocycles. The first-order valence-electron chi connectivity index (χ1n) is 20.2. The summed E-state index contributed by atoms with van der Waals surface area (Å²) in [4.78, 5) is 64.9. The molecule has 1 aliphatic rings. The van der Waals surface area contributed by atoms with Gasteiger partial charge in [-0.3, -0.25) is 20.0 Å². The monoisotopic (exact) mass is 825 g/mol. The minimum Gasteiger partial charge on any atom is -0.453 e. The third kappa shape index (κ3) is 12.4. The van der Waals surface area contributed by atoms with Crippen LogP contribution in [-0.4, -0.2) is 99.8 Å². The van der Waals surface area contributed by atoms with Crippen LogP contribution in [0.4, 0.5) is 9.59 Å². The van der Waals surface area contributed by atoms with Crippen LogP contribution in [0.25, 0.3) is 11.3 Å². The van der Waals surface area contributed by atoms with Gasteiger partial charge in [0, 0.05) is 47.7 Å². The van der Waals surface area contributed by atoms with Gasteiger partial charge in [-0.05, 0) is 60.1 Å². The van der Waals surface area contributed by atoms with E-state index >= 15 is 0 Å². The van der Waals surface area contributed by atoms with Crippen molar-refractivity contribution < 1.29 is 29.0 Å². The SMILES string of the molecule is CCC(C)C(C(=O)NC(Cc1ccccc1)C(O)CN(Cc1ccc(-c2ccccn2)cc1)NC(=O)C(NC(=O)OC)C(C)(C)C)N1CCN(Cc2ccc(C)s2)C1=O. The van der Waals surface area contributed by atoms with Gasteiger partial charge in [0.25, 0.3) is 5.91 Å². The number of nitrogens with one attached hydrogen (secondary N) is 3. The molecule has 13 nitrogen and oxygen atoms in total. The molecular formula is C45H59N7O6S. The molecule has 1 saturated heterocycles. The zero-order valence-electron chi connectivity index (χ0n) is 35.2. The zero-order valence-corrected chi connectivity index (χ0v) is 36.0. The van der Waals surface area contributed by atoms with Gasteiger partial charge in [0.15, 0.2) is 0 Å². The van der Waals surface area contributed by atoms with E-state index in [0.717, 1.165) is 27.3 Å². The molecule has 5 unspecified atom stereocenters. The van der Waals surface area contributed by atoms with Crippen LogP contribution in [0.3, 0.4) is 0 Å². The summed E-state index contributed by atoms with van der Waals surface area (Å²) in [6.45, 7) is 13.0. The number of amides is 5. The van der Waals surface area contributed by atoms with Crippen molar-refractivity contribution in [1.29, 1.82) is 0 Å². The smallest absolute Gasteiger partial charge is 0.407 e. The molecule has 5 rings (SSSR count). The Morgan fingerprint density at radius 3 is 2.25 bits per heavy atom. The highest BCUT2D eigenvalue weighted by Crippen LogP contribution is 2.26. The molecular weight excluding hydrogens is 767 g/mol. The normalized spacial score (nSPS) is 15.6. The highest BCUT2D eigenvalue weighted by molar-refractivity contribution is 7.11. The highest BCUT2D eigenvalue weighted by atomic mass is 32.1. The van der Waals surface area contributed by atoms with Gasteiger partial charge in [0.05, 0.1) is 31.5 Å². The Hall–Kier alpha value is -5.31. The molecule has 0 saturated carbocycles. The first-order valence-corrected chi connectivity index (χ1v) is 21.0. The average Bonchev–Trinajstić information content (AvgIpc) is 3.80. The number of ether oxygens (including phenoxy) is 1. The third-order valence-electron chi connectivity index (χ3n) is 10.7. The molecule has 4 aromatic rings. The van der Waals surface area contributed by atoms with Crippen molar-refractivity contribution in [2.45, 2.75) is 91.7 Å². The summed E-state index contributed by atoms with van der Waals surface area (Å²) in [5.41, 5.74) is 5.72. The largest absolute Gasteiger partial charge is 0.453 e. The number of aliphatic hydroxyl groups excluding tert-OH is 1. The van der Waals surface area contributed by atoms with Crippen molar-refractivity contribution in [3.8, 4) is 11.3 Å². The maximum atomic E-state index is 14.5. The Bertz CT molecular complexity index is 1990. The fourth-order valence-electron chi connectivity index (χ4n) is 7.22. The third-order valence-corrected chi connectivity index (χ3v) is 11.7. The molecule has 5 atom stereocenters. The predicted molar refractivity (Wildman–Crippen MR) is 230 cm³/mol. The number of hydrogen-bond donors (Lipinski definition) is 4. The minimum absolute atomic E-state index is 0.0920. The molecule has 0 aliphatic carbocycles. The average molecular weight is 826 g/mol. The first kappa shape index (κ1) is 44.8. The molecule has 2 aromatic carbocycles. The summed E-state index contributed by atoms with van der Waals surface area (Å²) >= 11 is 1.65. The van der Waals surface area contributed by atoms with Crippen molar-refractivity contribution in [3.63, 3.8) is 0 Å². The minimum atomic E-state index is -1.20. The molecule has 0 radical (unpaired) electrons. The van der Waals surface area contributed by atoms with Crippen molar-refractivity contribution in [2.75, 3.05) is 26.7 Å².